The van der Waals surface area contributed by atoms with Crippen LogP contribution in [-0.2, 0) is 9.53 Å². The lowest BCUT2D eigenvalue weighted by molar-refractivity contribution is -0.115. The molecule has 0 aliphatic carbocycles. The van der Waals surface area contributed by atoms with Gasteiger partial charge in [0.2, 0.25) is 5.91 Å². The van der Waals surface area contributed by atoms with Crippen LogP contribution in [0.15, 0.2) is 18.3 Å². The van der Waals surface area contributed by atoms with Crippen molar-refractivity contribution in [3.63, 3.8) is 0 Å². The summed E-state index contributed by atoms with van der Waals surface area (Å²) >= 11 is 3.17. The van der Waals surface area contributed by atoms with Crippen LogP contribution in [0.3, 0.4) is 0 Å². The van der Waals surface area contributed by atoms with Gasteiger partial charge in [-0.25, -0.2) is 9.78 Å². The van der Waals surface area contributed by atoms with E-state index in [4.69, 9.17) is 4.74 Å². The van der Waals surface area contributed by atoms with E-state index < -0.39 is 5.97 Å². The minimum absolute atomic E-state index is 0.157. The van der Waals surface area contributed by atoms with Gasteiger partial charge in [0.15, 0.2) is 0 Å². The molecule has 1 amide bonds. The molecule has 0 bridgehead atoms. The van der Waals surface area contributed by atoms with Gasteiger partial charge in [-0.05, 0) is 19.1 Å². The first-order valence-corrected chi connectivity index (χ1v) is 6.28. The van der Waals surface area contributed by atoms with Crippen molar-refractivity contribution in [3.05, 3.63) is 23.9 Å². The molecule has 0 aliphatic heterocycles. The van der Waals surface area contributed by atoms with Crippen LogP contribution in [0.1, 0.15) is 23.7 Å². The van der Waals surface area contributed by atoms with E-state index in [1.165, 1.54) is 18.3 Å². The van der Waals surface area contributed by atoms with Crippen molar-refractivity contribution >= 4 is 33.6 Å². The van der Waals surface area contributed by atoms with E-state index in [0.717, 1.165) is 0 Å². The highest BCUT2D eigenvalue weighted by atomic mass is 79.9. The number of alkyl halides is 1. The Kier molecular flexibility index (Phi) is 5.62. The van der Waals surface area contributed by atoms with Gasteiger partial charge in [-0.15, -0.1) is 0 Å². The van der Waals surface area contributed by atoms with Crippen LogP contribution in [0.2, 0.25) is 0 Å². The van der Waals surface area contributed by atoms with Crippen molar-refractivity contribution < 1.29 is 14.3 Å². The third kappa shape index (κ3) is 4.52. The molecule has 6 heteroatoms. The number of pyridine rings is 1. The van der Waals surface area contributed by atoms with Crippen LogP contribution in [0.25, 0.3) is 0 Å². The predicted molar refractivity (Wildman–Crippen MR) is 67.2 cm³/mol. The average molecular weight is 301 g/mol. The zero-order chi connectivity index (χ0) is 12.7. The van der Waals surface area contributed by atoms with E-state index in [1.807, 2.05) is 0 Å². The number of aromatic nitrogens is 1. The predicted octanol–water partition coefficient (Wildman–Crippen LogP) is 1.98. The van der Waals surface area contributed by atoms with Gasteiger partial charge in [-0.3, -0.25) is 4.79 Å². The van der Waals surface area contributed by atoms with Gasteiger partial charge < -0.3 is 10.1 Å². The third-order valence-corrected chi connectivity index (χ3v) is 2.26. The molecule has 0 aliphatic rings. The van der Waals surface area contributed by atoms with Crippen molar-refractivity contribution in [2.75, 3.05) is 17.3 Å². The van der Waals surface area contributed by atoms with Crippen molar-refractivity contribution in [2.24, 2.45) is 0 Å². The molecule has 92 valence electrons. The summed E-state index contributed by atoms with van der Waals surface area (Å²) in [7, 11) is 0. The van der Waals surface area contributed by atoms with Crippen molar-refractivity contribution in [2.45, 2.75) is 13.3 Å². The Labute approximate surface area is 108 Å². The van der Waals surface area contributed by atoms with Gasteiger partial charge in [0.25, 0.3) is 0 Å². The van der Waals surface area contributed by atoms with Crippen molar-refractivity contribution in [1.82, 2.24) is 4.98 Å². The Morgan fingerprint density at radius 3 is 2.94 bits per heavy atom. The number of ether oxygens (including phenoxy) is 1. The van der Waals surface area contributed by atoms with Crippen LogP contribution >= 0.6 is 15.9 Å². The normalized spacial score (nSPS) is 9.76. The van der Waals surface area contributed by atoms with Gasteiger partial charge in [0, 0.05) is 17.9 Å². The number of carbonyl (C=O) groups is 2. The summed E-state index contributed by atoms with van der Waals surface area (Å²) in [6.45, 7) is 2.05. The maximum Gasteiger partial charge on any atom is 0.338 e. The molecule has 0 saturated carbocycles. The average Bonchev–Trinajstić information content (AvgIpc) is 2.30. The second kappa shape index (κ2) is 7.01. The highest BCUT2D eigenvalue weighted by molar-refractivity contribution is 9.09. The zero-order valence-electron chi connectivity index (χ0n) is 9.40. The molecule has 0 unspecified atom stereocenters. The molecule has 1 rings (SSSR count). The lowest BCUT2D eigenvalue weighted by Crippen LogP contribution is -2.13. The number of halogens is 1. The summed E-state index contributed by atoms with van der Waals surface area (Å²) < 4.78 is 4.85. The summed E-state index contributed by atoms with van der Waals surface area (Å²) in [6, 6.07) is 3.03. The number of esters is 1. The van der Waals surface area contributed by atoms with E-state index in [9.17, 15) is 9.59 Å². The van der Waals surface area contributed by atoms with Crippen LogP contribution < -0.4 is 5.32 Å². The molecule has 0 atom stereocenters. The van der Waals surface area contributed by atoms with Crippen LogP contribution in [0.5, 0.6) is 0 Å². The van der Waals surface area contributed by atoms with Gasteiger partial charge in [-0.2, -0.15) is 0 Å². The second-order valence-corrected chi connectivity index (χ2v) is 3.93. The maximum atomic E-state index is 11.4. The number of hydrogen-bond donors (Lipinski definition) is 1. The summed E-state index contributed by atoms with van der Waals surface area (Å²) in [5.41, 5.74) is 0.371. The van der Waals surface area contributed by atoms with E-state index in [2.05, 4.69) is 26.2 Å². The minimum atomic E-state index is -0.425. The minimum Gasteiger partial charge on any atom is -0.462 e. The largest absolute Gasteiger partial charge is 0.462 e. The van der Waals surface area contributed by atoms with Crippen LogP contribution in [0.4, 0.5) is 5.82 Å². The molecule has 17 heavy (non-hydrogen) atoms. The number of carbonyl (C=O) groups excluding carboxylic acids is 2. The number of nitrogens with one attached hydrogen (secondary N) is 1. The fourth-order valence-electron chi connectivity index (χ4n) is 1.13. The smallest absolute Gasteiger partial charge is 0.338 e. The molecule has 0 saturated heterocycles. The molecule has 0 radical (unpaired) electrons. The molecule has 0 spiro atoms. The lowest BCUT2D eigenvalue weighted by Gasteiger charge is -2.05. The highest BCUT2D eigenvalue weighted by Gasteiger charge is 2.08. The Hall–Kier alpha value is -1.43. The fraction of sp³-hybridized carbons (Fsp3) is 0.364. The first-order chi connectivity index (χ1) is 8.17. The van der Waals surface area contributed by atoms with Crippen molar-refractivity contribution in [3.8, 4) is 0 Å². The summed E-state index contributed by atoms with van der Waals surface area (Å²) in [5.74, 6) is -0.234. The number of nitrogens with zero attached hydrogens (tertiary/aromatic N) is 1. The molecule has 1 N–H and O–H groups in total. The van der Waals surface area contributed by atoms with Gasteiger partial charge >= 0.3 is 5.97 Å². The van der Waals surface area contributed by atoms with Gasteiger partial charge in [-0.1, -0.05) is 15.9 Å². The first kappa shape index (κ1) is 13.6. The zero-order valence-corrected chi connectivity index (χ0v) is 11.0. The second-order valence-electron chi connectivity index (χ2n) is 3.14. The van der Waals surface area contributed by atoms with E-state index in [-0.39, 0.29) is 5.91 Å². The Morgan fingerprint density at radius 1 is 1.53 bits per heavy atom. The molecule has 5 nitrogen and oxygen atoms in total. The van der Waals surface area contributed by atoms with Crippen molar-refractivity contribution in [1.29, 1.82) is 0 Å². The molecule has 1 heterocycles. The monoisotopic (exact) mass is 300 g/mol. The summed E-state index contributed by atoms with van der Waals surface area (Å²) in [5, 5.41) is 3.17. The summed E-state index contributed by atoms with van der Waals surface area (Å²) in [4.78, 5) is 26.7. The molecular weight excluding hydrogens is 288 g/mol. The number of amides is 1. The maximum absolute atomic E-state index is 11.4. The fourth-order valence-corrected chi connectivity index (χ4v) is 1.49. The quantitative estimate of drug-likeness (QED) is 0.667. The first-order valence-electron chi connectivity index (χ1n) is 5.16. The number of hydrogen-bond acceptors (Lipinski definition) is 4. The van der Waals surface area contributed by atoms with Gasteiger partial charge in [0.1, 0.15) is 5.82 Å². The lowest BCUT2D eigenvalue weighted by atomic mass is 10.2. The van der Waals surface area contributed by atoms with E-state index >= 15 is 0 Å². The summed E-state index contributed by atoms with van der Waals surface area (Å²) in [6.07, 6.45) is 1.81. The van der Waals surface area contributed by atoms with E-state index in [1.54, 1.807) is 6.92 Å². The van der Waals surface area contributed by atoms with E-state index in [0.29, 0.717) is 29.7 Å². The number of rotatable bonds is 5. The van der Waals surface area contributed by atoms with Crippen LogP contribution in [0, 0.1) is 0 Å². The Morgan fingerprint density at radius 2 is 2.29 bits per heavy atom. The Balaban J connectivity index is 2.72. The molecule has 1 aromatic rings. The SMILES string of the molecule is CCOC(=O)c1ccnc(NC(=O)CCBr)c1. The number of anilines is 1. The van der Waals surface area contributed by atoms with Crippen LogP contribution in [-0.4, -0.2) is 28.8 Å². The standard InChI is InChI=1S/C11H13BrN2O3/c1-2-17-11(16)8-4-6-13-9(7-8)14-10(15)3-5-12/h4,6-7H,2-3,5H2,1H3,(H,13,14,15). The molecule has 0 fully saturated rings. The highest BCUT2D eigenvalue weighted by Crippen LogP contribution is 2.08. The topological polar surface area (TPSA) is 68.3 Å². The van der Waals surface area contributed by atoms with Gasteiger partial charge in [0.05, 0.1) is 12.2 Å². The Bertz CT molecular complexity index is 409. The molecular formula is C11H13BrN2O3. The molecule has 0 aromatic carbocycles. The molecule has 1 aromatic heterocycles. The third-order valence-electron chi connectivity index (χ3n) is 1.86.